The maximum absolute atomic E-state index is 4.17. The Morgan fingerprint density at radius 2 is 1.33 bits per heavy atom. The average Bonchev–Trinajstić information content (AvgIpc) is 2.37. The molecule has 0 radical (unpaired) electrons. The second-order valence-electron chi connectivity index (χ2n) is 5.43. The molecule has 2 heterocycles. The summed E-state index contributed by atoms with van der Waals surface area (Å²) in [5, 5.41) is 11.9. The average molecular weight is 167 g/mol. The van der Waals surface area contributed by atoms with Gasteiger partial charge in [0, 0.05) is 23.9 Å². The van der Waals surface area contributed by atoms with E-state index >= 15 is 0 Å². The van der Waals surface area contributed by atoms with E-state index in [0.29, 0.717) is 0 Å². The van der Waals surface area contributed by atoms with E-state index in [1.165, 1.54) is 0 Å². The predicted octanol–water partition coefficient (Wildman–Crippen LogP) is 2.09. The van der Waals surface area contributed by atoms with Crippen LogP contribution in [0.5, 0.6) is 0 Å². The van der Waals surface area contributed by atoms with Crippen molar-refractivity contribution in [3.8, 4) is 0 Å². The third kappa shape index (κ3) is 1.38. The van der Waals surface area contributed by atoms with Gasteiger partial charge in [-0.2, -0.15) is 10.2 Å². The highest BCUT2D eigenvalue weighted by molar-refractivity contribution is 5.10. The van der Waals surface area contributed by atoms with Crippen LogP contribution in [0.2, 0.25) is 0 Å². The summed E-state index contributed by atoms with van der Waals surface area (Å²) in [6, 6.07) is 0. The Labute approximate surface area is 73.6 Å². The van der Waals surface area contributed by atoms with Gasteiger partial charge >= 0.3 is 0 Å². The van der Waals surface area contributed by atoms with Crippen molar-refractivity contribution in [2.75, 3.05) is 0 Å². The fourth-order valence-corrected chi connectivity index (χ4v) is 2.69. The Bertz CT molecular complexity index is 203. The Kier molecular flexibility index (Phi) is 1.29. The molecular formula is C9H17N3. The lowest BCUT2D eigenvalue weighted by Gasteiger charge is -2.44. The van der Waals surface area contributed by atoms with Crippen LogP contribution in [0.1, 0.15) is 40.5 Å². The molecule has 1 N–H and O–H groups in total. The van der Waals surface area contributed by atoms with Crippen LogP contribution in [0.15, 0.2) is 10.2 Å². The molecule has 3 nitrogen and oxygen atoms in total. The van der Waals surface area contributed by atoms with Crippen LogP contribution in [0.25, 0.3) is 0 Å². The molecule has 12 heavy (non-hydrogen) atoms. The number of rotatable bonds is 0. The monoisotopic (exact) mass is 167 g/mol. The second kappa shape index (κ2) is 1.90. The number of piperidine rings is 1. The topological polar surface area (TPSA) is 36.8 Å². The Hall–Kier alpha value is -0.440. The van der Waals surface area contributed by atoms with E-state index < -0.39 is 0 Å². The molecule has 0 aromatic heterocycles. The van der Waals surface area contributed by atoms with Crippen molar-refractivity contribution in [2.24, 2.45) is 10.2 Å². The van der Waals surface area contributed by atoms with Crippen molar-refractivity contribution >= 4 is 0 Å². The van der Waals surface area contributed by atoms with Crippen LogP contribution in [-0.2, 0) is 0 Å². The van der Waals surface area contributed by atoms with Crippen LogP contribution < -0.4 is 5.32 Å². The maximum Gasteiger partial charge on any atom is 0.194 e. The molecule has 0 aromatic rings. The van der Waals surface area contributed by atoms with Gasteiger partial charge in [-0.3, -0.25) is 0 Å². The van der Waals surface area contributed by atoms with Crippen molar-refractivity contribution in [1.82, 2.24) is 5.32 Å². The molecule has 0 aromatic carbocycles. The lowest BCUT2D eigenvalue weighted by atomic mass is 9.77. The summed E-state index contributed by atoms with van der Waals surface area (Å²) < 4.78 is 0. The lowest BCUT2D eigenvalue weighted by Crippen LogP contribution is -2.60. The molecule has 68 valence electrons. The van der Waals surface area contributed by atoms with Gasteiger partial charge in [0.2, 0.25) is 0 Å². The van der Waals surface area contributed by atoms with E-state index in [4.69, 9.17) is 0 Å². The first-order valence-electron chi connectivity index (χ1n) is 4.56. The minimum atomic E-state index is -0.0156. The molecule has 2 aliphatic heterocycles. The number of nitrogens with one attached hydrogen (secondary N) is 1. The highest BCUT2D eigenvalue weighted by atomic mass is 15.5. The molecule has 0 bridgehead atoms. The molecule has 1 fully saturated rings. The van der Waals surface area contributed by atoms with Gasteiger partial charge in [-0.25, -0.2) is 0 Å². The highest BCUT2D eigenvalue weighted by Gasteiger charge is 2.53. The standard InChI is InChI=1S/C9H17N3/c1-7(2)5-9(11-12-9)6-8(3,4)10-7/h10H,5-6H2,1-4H3. The minimum absolute atomic E-state index is 0.0156. The van der Waals surface area contributed by atoms with E-state index in [1.807, 2.05) is 0 Å². The summed E-state index contributed by atoms with van der Waals surface area (Å²) in [5.74, 6) is 0. The zero-order chi connectivity index (χ0) is 9.04. The van der Waals surface area contributed by atoms with Gasteiger partial charge in [-0.05, 0) is 27.7 Å². The van der Waals surface area contributed by atoms with Gasteiger partial charge in [0.1, 0.15) is 0 Å². The van der Waals surface area contributed by atoms with Crippen LogP contribution in [0.3, 0.4) is 0 Å². The summed E-state index contributed by atoms with van der Waals surface area (Å²) in [4.78, 5) is 0. The molecule has 1 saturated heterocycles. The van der Waals surface area contributed by atoms with Crippen LogP contribution in [0.4, 0.5) is 0 Å². The van der Waals surface area contributed by atoms with Crippen molar-refractivity contribution in [1.29, 1.82) is 0 Å². The van der Waals surface area contributed by atoms with E-state index in [9.17, 15) is 0 Å². The molecule has 0 unspecified atom stereocenters. The Balaban J connectivity index is 2.17. The quantitative estimate of drug-likeness (QED) is 0.589. The molecule has 0 amide bonds. The number of hydrogen-bond donors (Lipinski definition) is 1. The Morgan fingerprint density at radius 3 is 1.67 bits per heavy atom. The molecule has 1 spiro atoms. The SMILES string of the molecule is CC1(C)CC2(CC(C)(C)N1)N=N2. The number of hydrogen-bond acceptors (Lipinski definition) is 3. The van der Waals surface area contributed by atoms with Crippen molar-refractivity contribution < 1.29 is 0 Å². The van der Waals surface area contributed by atoms with E-state index in [1.54, 1.807) is 0 Å². The highest BCUT2D eigenvalue weighted by Crippen LogP contribution is 2.46. The maximum atomic E-state index is 4.17. The van der Waals surface area contributed by atoms with E-state index in [-0.39, 0.29) is 16.7 Å². The lowest BCUT2D eigenvalue weighted by molar-refractivity contribution is 0.144. The van der Waals surface area contributed by atoms with Crippen LogP contribution in [-0.4, -0.2) is 16.7 Å². The summed E-state index contributed by atoms with van der Waals surface area (Å²) in [6.07, 6.45) is 2.09. The van der Waals surface area contributed by atoms with Gasteiger partial charge in [0.25, 0.3) is 0 Å². The third-order valence-electron chi connectivity index (χ3n) is 2.51. The predicted molar refractivity (Wildman–Crippen MR) is 48.1 cm³/mol. The van der Waals surface area contributed by atoms with Crippen molar-refractivity contribution in [3.63, 3.8) is 0 Å². The van der Waals surface area contributed by atoms with Crippen molar-refractivity contribution in [3.05, 3.63) is 0 Å². The van der Waals surface area contributed by atoms with Gasteiger partial charge < -0.3 is 5.32 Å². The summed E-state index contributed by atoms with van der Waals surface area (Å²) in [5.41, 5.74) is 0.328. The first-order valence-corrected chi connectivity index (χ1v) is 4.56. The summed E-state index contributed by atoms with van der Waals surface area (Å²) in [7, 11) is 0. The first kappa shape index (κ1) is 8.17. The molecule has 0 atom stereocenters. The summed E-state index contributed by atoms with van der Waals surface area (Å²) in [6.45, 7) is 8.88. The molecule has 2 rings (SSSR count). The third-order valence-corrected chi connectivity index (χ3v) is 2.51. The molecule has 0 saturated carbocycles. The summed E-state index contributed by atoms with van der Waals surface area (Å²) >= 11 is 0. The largest absolute Gasteiger partial charge is 0.307 e. The smallest absolute Gasteiger partial charge is 0.194 e. The normalized spacial score (nSPS) is 33.7. The Morgan fingerprint density at radius 1 is 0.917 bits per heavy atom. The zero-order valence-electron chi connectivity index (χ0n) is 8.31. The van der Waals surface area contributed by atoms with Crippen LogP contribution in [0, 0.1) is 0 Å². The fourth-order valence-electron chi connectivity index (χ4n) is 2.69. The van der Waals surface area contributed by atoms with E-state index in [0.717, 1.165) is 12.8 Å². The van der Waals surface area contributed by atoms with Gasteiger partial charge in [-0.15, -0.1) is 0 Å². The van der Waals surface area contributed by atoms with E-state index in [2.05, 4.69) is 43.2 Å². The van der Waals surface area contributed by atoms with Gasteiger partial charge in [0.05, 0.1) is 0 Å². The number of nitrogens with zero attached hydrogens (tertiary/aromatic N) is 2. The first-order chi connectivity index (χ1) is 5.33. The molecular weight excluding hydrogens is 150 g/mol. The minimum Gasteiger partial charge on any atom is -0.307 e. The van der Waals surface area contributed by atoms with Crippen LogP contribution >= 0.6 is 0 Å². The second-order valence-corrected chi connectivity index (χ2v) is 5.43. The molecule has 2 aliphatic rings. The van der Waals surface area contributed by atoms with Crippen molar-refractivity contribution in [2.45, 2.75) is 57.3 Å². The van der Waals surface area contributed by atoms with Gasteiger partial charge in [-0.1, -0.05) is 0 Å². The molecule has 0 aliphatic carbocycles. The zero-order valence-corrected chi connectivity index (χ0v) is 8.31. The molecule has 3 heteroatoms. The fraction of sp³-hybridized carbons (Fsp3) is 1.00. The van der Waals surface area contributed by atoms with Gasteiger partial charge in [0.15, 0.2) is 5.66 Å².